The summed E-state index contributed by atoms with van der Waals surface area (Å²) in [5.74, 6) is -0.240. The minimum Gasteiger partial charge on any atom is -0.378 e. The van der Waals surface area contributed by atoms with E-state index in [9.17, 15) is 4.79 Å². The summed E-state index contributed by atoms with van der Waals surface area (Å²) >= 11 is 0. The normalized spacial score (nSPS) is 10.3. The molecule has 0 aliphatic rings. The van der Waals surface area contributed by atoms with Crippen LogP contribution in [-0.2, 0) is 0 Å². The molecule has 0 saturated heterocycles. The zero-order valence-corrected chi connectivity index (χ0v) is 15.2. The number of nitrogens with one attached hydrogen (secondary N) is 2. The highest BCUT2D eigenvalue weighted by molar-refractivity contribution is 6.03. The van der Waals surface area contributed by atoms with Gasteiger partial charge in [-0.15, -0.1) is 0 Å². The Kier molecular flexibility index (Phi) is 5.17. The number of para-hydroxylation sites is 1. The molecule has 0 atom stereocenters. The average Bonchev–Trinajstić information content (AvgIpc) is 2.64. The van der Waals surface area contributed by atoms with Crippen molar-refractivity contribution in [2.75, 3.05) is 29.6 Å². The van der Waals surface area contributed by atoms with Gasteiger partial charge in [0.25, 0.3) is 5.91 Å². The van der Waals surface area contributed by atoms with E-state index >= 15 is 0 Å². The van der Waals surface area contributed by atoms with Crippen LogP contribution >= 0.6 is 0 Å². The number of carbonyl (C=O) groups is 1. The van der Waals surface area contributed by atoms with Crippen molar-refractivity contribution < 1.29 is 4.79 Å². The lowest BCUT2D eigenvalue weighted by molar-refractivity contribution is 0.102. The summed E-state index contributed by atoms with van der Waals surface area (Å²) in [4.78, 5) is 18.7. The Labute approximate surface area is 153 Å². The number of carbonyl (C=O) groups excluding carboxylic acids is 1. The summed E-state index contributed by atoms with van der Waals surface area (Å²) in [5.41, 5.74) is 5.13. The lowest BCUT2D eigenvalue weighted by Gasteiger charge is -2.13. The predicted molar refractivity (Wildman–Crippen MR) is 107 cm³/mol. The van der Waals surface area contributed by atoms with Crippen LogP contribution in [0.2, 0.25) is 0 Å². The topological polar surface area (TPSA) is 57.3 Å². The van der Waals surface area contributed by atoms with Crippen LogP contribution in [0.1, 0.15) is 16.1 Å². The van der Waals surface area contributed by atoms with E-state index in [2.05, 4.69) is 15.6 Å². The Morgan fingerprint density at radius 2 is 1.69 bits per heavy atom. The lowest BCUT2D eigenvalue weighted by Crippen LogP contribution is -2.14. The molecular formula is C21H22N4O. The number of benzene rings is 2. The number of pyridine rings is 1. The van der Waals surface area contributed by atoms with Gasteiger partial charge in [-0.1, -0.05) is 18.2 Å². The van der Waals surface area contributed by atoms with Gasteiger partial charge in [0.1, 0.15) is 5.69 Å². The zero-order valence-electron chi connectivity index (χ0n) is 15.2. The maximum absolute atomic E-state index is 12.5. The minimum absolute atomic E-state index is 0.240. The van der Waals surface area contributed by atoms with Gasteiger partial charge in [0, 0.05) is 43.0 Å². The first-order valence-corrected chi connectivity index (χ1v) is 8.40. The third-order valence-electron chi connectivity index (χ3n) is 4.06. The van der Waals surface area contributed by atoms with Crippen molar-refractivity contribution in [3.63, 3.8) is 0 Å². The van der Waals surface area contributed by atoms with Crippen molar-refractivity contribution in [2.24, 2.45) is 0 Å². The fraction of sp³-hybridized carbons (Fsp3) is 0.143. The zero-order chi connectivity index (χ0) is 18.5. The van der Waals surface area contributed by atoms with E-state index in [1.807, 2.05) is 80.5 Å². The summed E-state index contributed by atoms with van der Waals surface area (Å²) in [7, 11) is 3.95. The maximum atomic E-state index is 12.5. The molecule has 2 aromatic carbocycles. The second-order valence-corrected chi connectivity index (χ2v) is 6.27. The van der Waals surface area contributed by atoms with Gasteiger partial charge in [0.15, 0.2) is 0 Å². The van der Waals surface area contributed by atoms with Gasteiger partial charge in [0.2, 0.25) is 0 Å². The molecule has 0 aliphatic carbocycles. The van der Waals surface area contributed by atoms with E-state index in [1.165, 1.54) is 0 Å². The number of anilines is 4. The molecule has 0 spiro atoms. The van der Waals surface area contributed by atoms with Crippen LogP contribution in [0.25, 0.3) is 0 Å². The van der Waals surface area contributed by atoms with E-state index < -0.39 is 0 Å². The monoisotopic (exact) mass is 346 g/mol. The first kappa shape index (κ1) is 17.5. The third-order valence-corrected chi connectivity index (χ3v) is 4.06. The molecule has 0 aliphatic heterocycles. The highest BCUT2D eigenvalue weighted by atomic mass is 16.1. The average molecular weight is 346 g/mol. The van der Waals surface area contributed by atoms with Gasteiger partial charge in [-0.3, -0.25) is 9.78 Å². The molecule has 0 saturated carbocycles. The third kappa shape index (κ3) is 4.19. The van der Waals surface area contributed by atoms with Crippen LogP contribution in [0, 0.1) is 6.92 Å². The second-order valence-electron chi connectivity index (χ2n) is 6.27. The maximum Gasteiger partial charge on any atom is 0.274 e. The molecule has 3 aromatic rings. The number of aryl methyl sites for hydroxylation is 1. The standard InChI is InChI=1S/C21H22N4O/c1-15-6-4-5-7-19(15)23-17-12-13-22-20(14-17)21(26)24-16-8-10-18(11-9-16)25(2)3/h4-14H,1-3H3,(H,22,23)(H,24,26). The molecule has 1 heterocycles. The number of amides is 1. The van der Waals surface area contributed by atoms with E-state index in [0.29, 0.717) is 5.69 Å². The number of rotatable bonds is 5. The summed E-state index contributed by atoms with van der Waals surface area (Å²) in [5, 5.41) is 6.20. The largest absolute Gasteiger partial charge is 0.378 e. The van der Waals surface area contributed by atoms with E-state index in [0.717, 1.165) is 28.3 Å². The van der Waals surface area contributed by atoms with Gasteiger partial charge in [-0.05, 0) is 55.0 Å². The number of aromatic nitrogens is 1. The molecular weight excluding hydrogens is 324 g/mol. The molecule has 1 aromatic heterocycles. The molecule has 0 unspecified atom stereocenters. The van der Waals surface area contributed by atoms with Gasteiger partial charge < -0.3 is 15.5 Å². The van der Waals surface area contributed by atoms with Crippen LogP contribution in [0.5, 0.6) is 0 Å². The number of hydrogen-bond acceptors (Lipinski definition) is 4. The van der Waals surface area contributed by atoms with Crippen molar-refractivity contribution in [3.8, 4) is 0 Å². The van der Waals surface area contributed by atoms with Crippen LogP contribution in [0.3, 0.4) is 0 Å². The molecule has 0 fully saturated rings. The fourth-order valence-corrected chi connectivity index (χ4v) is 2.54. The van der Waals surface area contributed by atoms with Gasteiger partial charge >= 0.3 is 0 Å². The van der Waals surface area contributed by atoms with Gasteiger partial charge in [-0.25, -0.2) is 0 Å². The van der Waals surface area contributed by atoms with E-state index in [4.69, 9.17) is 0 Å². The molecule has 2 N–H and O–H groups in total. The van der Waals surface area contributed by atoms with Gasteiger partial charge in [0.05, 0.1) is 0 Å². The second kappa shape index (κ2) is 7.70. The van der Waals surface area contributed by atoms with Crippen molar-refractivity contribution in [3.05, 3.63) is 78.1 Å². The van der Waals surface area contributed by atoms with E-state index in [1.54, 1.807) is 12.3 Å². The molecule has 26 heavy (non-hydrogen) atoms. The predicted octanol–water partition coefficient (Wildman–Crippen LogP) is 4.45. The van der Waals surface area contributed by atoms with Gasteiger partial charge in [-0.2, -0.15) is 0 Å². The minimum atomic E-state index is -0.240. The summed E-state index contributed by atoms with van der Waals surface area (Å²) in [6.07, 6.45) is 1.63. The highest BCUT2D eigenvalue weighted by Crippen LogP contribution is 2.21. The lowest BCUT2D eigenvalue weighted by atomic mass is 10.2. The van der Waals surface area contributed by atoms with Crippen LogP contribution in [-0.4, -0.2) is 25.0 Å². The Hall–Kier alpha value is -3.34. The number of hydrogen-bond donors (Lipinski definition) is 2. The summed E-state index contributed by atoms with van der Waals surface area (Å²) in [6.45, 7) is 2.04. The Morgan fingerprint density at radius 3 is 2.38 bits per heavy atom. The van der Waals surface area contributed by atoms with Crippen LogP contribution in [0.4, 0.5) is 22.7 Å². The Bertz CT molecular complexity index is 904. The molecule has 5 nitrogen and oxygen atoms in total. The van der Waals surface area contributed by atoms with Crippen LogP contribution in [0.15, 0.2) is 66.9 Å². The SMILES string of the molecule is Cc1ccccc1Nc1ccnc(C(=O)Nc2ccc(N(C)C)cc2)c1. The van der Waals surface area contributed by atoms with Crippen molar-refractivity contribution in [1.29, 1.82) is 0 Å². The van der Waals surface area contributed by atoms with Crippen LogP contribution < -0.4 is 15.5 Å². The summed E-state index contributed by atoms with van der Waals surface area (Å²) in [6, 6.07) is 19.3. The molecule has 5 heteroatoms. The van der Waals surface area contributed by atoms with E-state index in [-0.39, 0.29) is 5.91 Å². The molecule has 1 amide bonds. The molecule has 0 radical (unpaired) electrons. The van der Waals surface area contributed by atoms with Crippen molar-refractivity contribution >= 4 is 28.7 Å². The summed E-state index contributed by atoms with van der Waals surface area (Å²) < 4.78 is 0. The van der Waals surface area contributed by atoms with Crippen molar-refractivity contribution in [1.82, 2.24) is 4.98 Å². The molecule has 3 rings (SSSR count). The van der Waals surface area contributed by atoms with Crippen molar-refractivity contribution in [2.45, 2.75) is 6.92 Å². The fourth-order valence-electron chi connectivity index (χ4n) is 2.54. The Balaban J connectivity index is 1.73. The molecule has 132 valence electrons. The first-order chi connectivity index (χ1) is 12.5. The highest BCUT2D eigenvalue weighted by Gasteiger charge is 2.09. The first-order valence-electron chi connectivity index (χ1n) is 8.40. The smallest absolute Gasteiger partial charge is 0.274 e. The number of nitrogens with zero attached hydrogens (tertiary/aromatic N) is 2. The Morgan fingerprint density at radius 1 is 0.962 bits per heavy atom. The molecule has 0 bridgehead atoms. The quantitative estimate of drug-likeness (QED) is 0.716.